The summed E-state index contributed by atoms with van der Waals surface area (Å²) in [4.78, 5) is 223. The molecule has 0 aromatic heterocycles. The van der Waals surface area contributed by atoms with Gasteiger partial charge in [-0.25, -0.2) is 4.79 Å². The highest BCUT2D eigenvalue weighted by Crippen LogP contribution is 2.29. The highest BCUT2D eigenvalue weighted by Gasteiger charge is 2.47. The summed E-state index contributed by atoms with van der Waals surface area (Å²) in [5, 5.41) is 57.5. The second-order valence-electron chi connectivity index (χ2n) is 26.6. The third-order valence-electron chi connectivity index (χ3n) is 19.1. The van der Waals surface area contributed by atoms with Crippen molar-refractivity contribution >= 4 is 116 Å². The van der Waals surface area contributed by atoms with Gasteiger partial charge in [0.15, 0.2) is 5.96 Å². The minimum absolute atomic E-state index is 0.0341. The van der Waals surface area contributed by atoms with Crippen LogP contribution in [0.4, 0.5) is 0 Å². The van der Waals surface area contributed by atoms with Crippen LogP contribution >= 0.6 is 21.6 Å². The molecule has 35 nitrogen and oxygen atoms in total. The van der Waals surface area contributed by atoms with E-state index < -0.39 is 216 Å². The maximum absolute atomic E-state index is 15.3. The van der Waals surface area contributed by atoms with Gasteiger partial charge >= 0.3 is 5.97 Å². The van der Waals surface area contributed by atoms with Crippen molar-refractivity contribution in [2.45, 2.75) is 210 Å². The fourth-order valence-corrected chi connectivity index (χ4v) is 15.1. The fraction of sp³-hybridized carbons (Fsp3) is 0.667. The molecule has 37 heteroatoms. The van der Waals surface area contributed by atoms with Crippen molar-refractivity contribution in [2.75, 3.05) is 50.8 Å². The summed E-state index contributed by atoms with van der Waals surface area (Å²) in [6, 6.07) is -9.93. The van der Waals surface area contributed by atoms with Crippen molar-refractivity contribution in [1.82, 2.24) is 67.9 Å². The number of carbonyl (C=O) groups is 15. The number of aliphatic hydroxyl groups is 2. The molecule has 0 radical (unpaired) electrons. The minimum atomic E-state index is -1.93. The first-order valence-corrected chi connectivity index (χ1v) is 37.6. The number of unbranched alkanes of at least 4 members (excludes halogenated alkanes) is 1. The lowest BCUT2D eigenvalue weighted by Gasteiger charge is -2.35. The summed E-state index contributed by atoms with van der Waals surface area (Å²) in [5.41, 5.74) is 18.0. The number of guanidine groups is 1. The van der Waals surface area contributed by atoms with Gasteiger partial charge in [-0.3, -0.25) is 77.4 Å². The van der Waals surface area contributed by atoms with Crippen LogP contribution in [0.3, 0.4) is 0 Å². The molecule has 4 fully saturated rings. The highest BCUT2D eigenvalue weighted by atomic mass is 33.1. The van der Waals surface area contributed by atoms with Gasteiger partial charge in [-0.1, -0.05) is 92.5 Å². The number of hydrogen-bond acceptors (Lipinski definition) is 22. The van der Waals surface area contributed by atoms with E-state index in [2.05, 4.69) is 58.2 Å². The number of aliphatic carboxylic acids is 1. The maximum atomic E-state index is 15.3. The lowest BCUT2D eigenvalue weighted by molar-refractivity contribution is -0.149. The van der Waals surface area contributed by atoms with Gasteiger partial charge < -0.3 is 95.1 Å². The van der Waals surface area contributed by atoms with E-state index in [0.717, 1.165) is 28.5 Å². The summed E-state index contributed by atoms with van der Waals surface area (Å²) in [7, 11) is 1.67. The van der Waals surface area contributed by atoms with Crippen molar-refractivity contribution in [1.29, 1.82) is 0 Å². The molecule has 0 aliphatic carbocycles. The van der Waals surface area contributed by atoms with Gasteiger partial charge in [0.25, 0.3) is 0 Å². The quantitative estimate of drug-likeness (QED) is 0.0473. The van der Waals surface area contributed by atoms with Crippen molar-refractivity contribution in [2.24, 2.45) is 39.9 Å². The molecule has 5 aliphatic heterocycles. The number of rotatable bonds is 14. The number of aliphatic hydroxyl groups excluding tert-OH is 2. The molecule has 2 bridgehead atoms. The summed E-state index contributed by atoms with van der Waals surface area (Å²) in [6.07, 6.45) is -1.05. The van der Waals surface area contributed by atoms with Gasteiger partial charge in [0.2, 0.25) is 82.7 Å². The predicted molar refractivity (Wildman–Crippen MR) is 376 cm³/mol. The SMILES string of the molecule is CC[C@H](C)[C@@H]1NC(=O)[C@@H]2CCCN2C(=O)[C@@H]2CCCN2C(=O)[C@H]([C@@H](C)CC)NC(=O)[C@H](CO)NC(=O)[C@H](CCCCN)NC(=O)[C@H]([C@H](C)O)NC(=O)[C@@H]2CSSC[C@H](NC1=O)C(=O)N[C@@H](Cc1ccccc1)C(=O)N1CCC[C@H]1C(=O)N[C@H](C(=O)O)CC(=O)NC(N)=NCCC[C@@H](C(N)=O)C(=O)N2. The normalized spacial score (nSPS) is 29.2. The molecular formula is C66H101N17O18S2. The van der Waals surface area contributed by atoms with E-state index in [9.17, 15) is 72.9 Å². The predicted octanol–water partition coefficient (Wildman–Crippen LogP) is -4.64. The zero-order valence-corrected chi connectivity index (χ0v) is 60.3. The van der Waals surface area contributed by atoms with Gasteiger partial charge in [0.05, 0.1) is 19.1 Å². The summed E-state index contributed by atoms with van der Waals surface area (Å²) >= 11 is 0. The van der Waals surface area contributed by atoms with Gasteiger partial charge in [-0.05, 0) is 101 Å². The lowest BCUT2D eigenvalue weighted by Crippen LogP contribution is -2.62. The molecule has 6 rings (SSSR count). The molecule has 0 spiro atoms. The third kappa shape index (κ3) is 23.4. The molecule has 14 amide bonds. The van der Waals surface area contributed by atoms with Crippen molar-refractivity contribution in [3.8, 4) is 0 Å². The number of nitrogens with zero attached hydrogens (tertiary/aromatic N) is 4. The zero-order valence-electron chi connectivity index (χ0n) is 58.7. The molecule has 0 saturated carbocycles. The van der Waals surface area contributed by atoms with Crippen LogP contribution in [0.2, 0.25) is 0 Å². The lowest BCUT2D eigenvalue weighted by atomic mass is 9.96. The Bertz CT molecular complexity index is 3260. The van der Waals surface area contributed by atoms with Crippen LogP contribution in [-0.2, 0) is 78.3 Å². The van der Waals surface area contributed by atoms with Crippen LogP contribution in [0.1, 0.15) is 130 Å². The van der Waals surface area contributed by atoms with E-state index in [1.54, 1.807) is 58.0 Å². The van der Waals surface area contributed by atoms with Crippen molar-refractivity contribution in [3.63, 3.8) is 0 Å². The summed E-state index contributed by atoms with van der Waals surface area (Å²) in [5.74, 6) is -19.3. The Kier molecular flexibility index (Phi) is 32.7. The zero-order chi connectivity index (χ0) is 75.8. The van der Waals surface area contributed by atoms with E-state index >= 15 is 14.4 Å². The van der Waals surface area contributed by atoms with E-state index in [0.29, 0.717) is 31.2 Å². The molecule has 16 atom stereocenters. The van der Waals surface area contributed by atoms with E-state index in [-0.39, 0.29) is 96.9 Å². The number of hydrogen-bond donors (Lipinski definition) is 16. The van der Waals surface area contributed by atoms with Crippen molar-refractivity contribution < 1.29 is 87.2 Å². The Hall–Kier alpha value is -8.68. The Morgan fingerprint density at radius 1 is 0.573 bits per heavy atom. The number of nitrogens with one attached hydrogen (secondary N) is 10. The monoisotopic (exact) mass is 1480 g/mol. The topological polar surface area (TPSA) is 537 Å². The molecule has 570 valence electrons. The molecule has 19 N–H and O–H groups in total. The van der Waals surface area contributed by atoms with E-state index in [1.807, 2.05) is 0 Å². The number of nitrogens with two attached hydrogens (primary N) is 3. The number of carboxylic acid groups (broad SMARTS) is 1. The molecule has 5 heterocycles. The molecule has 103 heavy (non-hydrogen) atoms. The van der Waals surface area contributed by atoms with Crippen LogP contribution in [-0.4, -0.2) is 254 Å². The number of carboxylic acids is 1. The Labute approximate surface area is 604 Å². The largest absolute Gasteiger partial charge is 0.480 e. The first-order valence-electron chi connectivity index (χ1n) is 35.1. The number of amides is 14. The minimum Gasteiger partial charge on any atom is -0.480 e. The average Bonchev–Trinajstić information content (AvgIpc) is 1.70. The standard InChI is InChI=1S/C66H101N17O18S2/c1-6-34(3)49-60(95)76-43-32-102-103-33-44(75-53(88)38(52(68)87)19-13-25-70-66(69)77-48(86)30-41(65(100)101)73-58(93)45-21-14-26-81(45)62(97)40(72-56(43)91)29-37-17-9-8-10-18-37)57(92)80-51(36(5)85)61(96)71-39(20-11-12-24-67)54(89)74-42(31-84)55(90)79-50(35(4)7-2)64(99)83-28-16-23-47(83)63(98)82-27-15-22-46(82)59(94)78-49/h8-10,17-18,34-36,38-47,49-51,84-85H,6-7,11-16,19-33,67H2,1-5H3,(H2,68,87)(H,71,96)(H,72,91)(H,73,93)(H,74,89)(H,75,88)(H,76,95)(H,78,94)(H,79,90)(H,80,92)(H,100,101)(H3,69,70,77,86)/t34-,35-,36-,38-,39-,40-,41-,42-,43-,44-,45-,46-,47-,49-,50-,51-/m0/s1. The van der Waals surface area contributed by atoms with Gasteiger partial charge in [-0.15, -0.1) is 0 Å². The molecular weight excluding hydrogens is 1380 g/mol. The fourth-order valence-electron chi connectivity index (χ4n) is 12.7. The first kappa shape index (κ1) is 83.3. The van der Waals surface area contributed by atoms with Crippen molar-refractivity contribution in [3.05, 3.63) is 35.9 Å². The summed E-state index contributed by atoms with van der Waals surface area (Å²) in [6.45, 7) is 6.96. The van der Waals surface area contributed by atoms with Gasteiger partial charge in [-0.2, -0.15) is 0 Å². The summed E-state index contributed by atoms with van der Waals surface area (Å²) < 4.78 is 0. The van der Waals surface area contributed by atoms with Crippen LogP contribution < -0.4 is 70.4 Å². The number of benzene rings is 1. The average molecular weight is 1480 g/mol. The van der Waals surface area contributed by atoms with Crippen LogP contribution in [0, 0.1) is 17.8 Å². The number of fused-ring (bicyclic) bond motifs is 8. The third-order valence-corrected chi connectivity index (χ3v) is 21.5. The highest BCUT2D eigenvalue weighted by molar-refractivity contribution is 8.76. The van der Waals surface area contributed by atoms with E-state index in [4.69, 9.17) is 17.2 Å². The number of primary amides is 1. The number of aliphatic imine (C=N–C) groups is 1. The first-order chi connectivity index (χ1) is 49.0. The number of carbonyl (C=O) groups excluding carboxylic acids is 14. The second-order valence-corrected chi connectivity index (χ2v) is 29.1. The van der Waals surface area contributed by atoms with E-state index in [1.165, 1.54) is 14.7 Å². The molecule has 1 aromatic carbocycles. The smallest absolute Gasteiger partial charge is 0.326 e. The Balaban J connectivity index is 1.48. The maximum Gasteiger partial charge on any atom is 0.326 e. The van der Waals surface area contributed by atoms with Crippen LogP contribution in [0.25, 0.3) is 0 Å². The second kappa shape index (κ2) is 40.4. The van der Waals surface area contributed by atoms with Gasteiger partial charge in [0.1, 0.15) is 78.4 Å². The van der Waals surface area contributed by atoms with Crippen LogP contribution in [0.5, 0.6) is 0 Å². The Morgan fingerprint density at radius 3 is 1.65 bits per heavy atom. The molecule has 1 aromatic rings. The Morgan fingerprint density at radius 2 is 1.08 bits per heavy atom. The van der Waals surface area contributed by atoms with Gasteiger partial charge in [0, 0.05) is 44.1 Å². The van der Waals surface area contributed by atoms with Crippen LogP contribution in [0.15, 0.2) is 35.3 Å². The molecule has 0 unspecified atom stereocenters. The molecule has 4 saturated heterocycles. The molecule has 5 aliphatic rings.